The second-order valence-electron chi connectivity index (χ2n) is 6.50. The van der Waals surface area contributed by atoms with Crippen molar-refractivity contribution in [2.45, 2.75) is 12.1 Å². The second-order valence-corrected chi connectivity index (χ2v) is 9.54. The number of hydrogen-bond donors (Lipinski definition) is 2. The smallest absolute Gasteiger partial charge is 0.271 e. The first-order chi connectivity index (χ1) is 14.8. The SMILES string of the molecule is Cc1ccc(F)cc1NC(=O)CSc1nc2c(sc(=S)n2-c2ccc(Cl)cc2)c(=O)[nH]1. The third-order valence-corrected chi connectivity index (χ3v) is 6.81. The van der Waals surface area contributed by atoms with Crippen molar-refractivity contribution in [3.8, 4) is 5.69 Å². The van der Waals surface area contributed by atoms with Crippen molar-refractivity contribution in [1.29, 1.82) is 0 Å². The molecular weight excluding hydrogens is 479 g/mol. The first-order valence-electron chi connectivity index (χ1n) is 8.92. The maximum absolute atomic E-state index is 13.4. The summed E-state index contributed by atoms with van der Waals surface area (Å²) in [4.78, 5) is 32.0. The lowest BCUT2D eigenvalue weighted by Gasteiger charge is -2.08. The highest BCUT2D eigenvalue weighted by atomic mass is 35.5. The zero-order valence-corrected chi connectivity index (χ0v) is 19.1. The van der Waals surface area contributed by atoms with Crippen LogP contribution in [0, 0.1) is 16.7 Å². The number of thioether (sulfide) groups is 1. The fraction of sp³-hybridized carbons (Fsp3) is 0.100. The third kappa shape index (κ3) is 4.72. The fourth-order valence-electron chi connectivity index (χ4n) is 2.83. The number of anilines is 1. The van der Waals surface area contributed by atoms with Crippen molar-refractivity contribution < 1.29 is 9.18 Å². The third-order valence-electron chi connectivity index (χ3n) is 4.32. The number of H-pyrrole nitrogens is 1. The lowest BCUT2D eigenvalue weighted by molar-refractivity contribution is -0.113. The van der Waals surface area contributed by atoms with Crippen LogP contribution in [0.5, 0.6) is 0 Å². The molecule has 1 amide bonds. The van der Waals surface area contributed by atoms with Crippen molar-refractivity contribution in [2.24, 2.45) is 0 Å². The number of amides is 1. The van der Waals surface area contributed by atoms with E-state index in [-0.39, 0.29) is 22.4 Å². The van der Waals surface area contributed by atoms with E-state index in [1.807, 2.05) is 0 Å². The standard InChI is InChI=1S/C20H14ClFN4O2S3/c1-10-2-5-12(22)8-14(10)23-15(27)9-30-19-24-17-16(18(28)25-19)31-20(29)26(17)13-6-3-11(21)4-7-13/h2-8H,9H2,1H3,(H,23,27)(H,24,25,28). The number of nitrogens with one attached hydrogen (secondary N) is 2. The van der Waals surface area contributed by atoms with Crippen molar-refractivity contribution in [1.82, 2.24) is 14.5 Å². The summed E-state index contributed by atoms with van der Waals surface area (Å²) in [5.74, 6) is -0.800. The Morgan fingerprint density at radius 3 is 2.81 bits per heavy atom. The van der Waals surface area contributed by atoms with E-state index >= 15 is 0 Å². The molecule has 0 spiro atoms. The number of hydrogen-bond acceptors (Lipinski definition) is 6. The van der Waals surface area contributed by atoms with Crippen LogP contribution in [0.3, 0.4) is 0 Å². The Kier molecular flexibility index (Phi) is 6.24. The molecule has 4 aromatic rings. The van der Waals surface area contributed by atoms with Crippen LogP contribution in [0.15, 0.2) is 52.4 Å². The topological polar surface area (TPSA) is 79.8 Å². The molecule has 0 aliphatic heterocycles. The Morgan fingerprint density at radius 1 is 1.32 bits per heavy atom. The molecule has 11 heteroatoms. The van der Waals surface area contributed by atoms with Crippen LogP contribution in [0.4, 0.5) is 10.1 Å². The molecule has 0 fully saturated rings. The molecular formula is C20H14ClFN4O2S3. The highest BCUT2D eigenvalue weighted by Gasteiger charge is 2.15. The fourth-order valence-corrected chi connectivity index (χ4v) is 4.88. The number of carbonyl (C=O) groups excluding carboxylic acids is 1. The van der Waals surface area contributed by atoms with Crippen LogP contribution in [-0.2, 0) is 4.79 Å². The van der Waals surface area contributed by atoms with E-state index in [2.05, 4.69) is 15.3 Å². The van der Waals surface area contributed by atoms with E-state index in [4.69, 9.17) is 23.8 Å². The number of aryl methyl sites for hydroxylation is 1. The zero-order valence-electron chi connectivity index (χ0n) is 15.9. The molecule has 31 heavy (non-hydrogen) atoms. The average Bonchev–Trinajstić information content (AvgIpc) is 3.06. The van der Waals surface area contributed by atoms with Gasteiger partial charge in [0.2, 0.25) is 5.91 Å². The van der Waals surface area contributed by atoms with Gasteiger partial charge in [-0.2, -0.15) is 0 Å². The average molecular weight is 493 g/mol. The van der Waals surface area contributed by atoms with Crippen LogP contribution in [0.1, 0.15) is 5.56 Å². The van der Waals surface area contributed by atoms with Crippen molar-refractivity contribution in [3.05, 3.63) is 73.2 Å². The molecule has 0 bridgehead atoms. The summed E-state index contributed by atoms with van der Waals surface area (Å²) in [6, 6.07) is 11.2. The molecule has 0 aliphatic rings. The van der Waals surface area contributed by atoms with Crippen LogP contribution >= 0.6 is 46.9 Å². The van der Waals surface area contributed by atoms with Gasteiger partial charge in [-0.1, -0.05) is 40.8 Å². The van der Waals surface area contributed by atoms with Crippen LogP contribution in [0.25, 0.3) is 16.0 Å². The second kappa shape index (κ2) is 8.91. The predicted octanol–water partition coefficient (Wildman–Crippen LogP) is 5.34. The number of thiazole rings is 1. The number of aromatic amines is 1. The summed E-state index contributed by atoms with van der Waals surface area (Å²) in [5.41, 5.74) is 1.95. The van der Waals surface area contributed by atoms with E-state index in [9.17, 15) is 14.0 Å². The molecule has 0 unspecified atom stereocenters. The van der Waals surface area contributed by atoms with E-state index < -0.39 is 5.82 Å². The van der Waals surface area contributed by atoms with Gasteiger partial charge < -0.3 is 10.3 Å². The molecule has 2 N–H and O–H groups in total. The summed E-state index contributed by atoms with van der Waals surface area (Å²) in [5, 5.41) is 3.52. The lowest BCUT2D eigenvalue weighted by atomic mass is 10.2. The van der Waals surface area contributed by atoms with Gasteiger partial charge in [-0.3, -0.25) is 14.2 Å². The van der Waals surface area contributed by atoms with Gasteiger partial charge in [-0.15, -0.1) is 0 Å². The van der Waals surface area contributed by atoms with Gasteiger partial charge in [-0.05, 0) is 61.1 Å². The molecule has 0 saturated heterocycles. The minimum absolute atomic E-state index is 0.0176. The van der Waals surface area contributed by atoms with E-state index in [0.29, 0.717) is 25.0 Å². The van der Waals surface area contributed by atoms with Gasteiger partial charge in [0.05, 0.1) is 5.75 Å². The van der Waals surface area contributed by atoms with Gasteiger partial charge in [-0.25, -0.2) is 9.37 Å². The molecule has 4 rings (SSSR count). The van der Waals surface area contributed by atoms with Gasteiger partial charge in [0.15, 0.2) is 14.8 Å². The number of rotatable bonds is 5. The molecule has 158 valence electrons. The van der Waals surface area contributed by atoms with Crippen molar-refractivity contribution >= 4 is 68.9 Å². The highest BCUT2D eigenvalue weighted by Crippen LogP contribution is 2.25. The highest BCUT2D eigenvalue weighted by molar-refractivity contribution is 7.99. The molecule has 2 aromatic carbocycles. The summed E-state index contributed by atoms with van der Waals surface area (Å²) in [6.07, 6.45) is 0. The minimum atomic E-state index is -0.436. The molecule has 0 aliphatic carbocycles. The Balaban J connectivity index is 1.60. The van der Waals surface area contributed by atoms with Gasteiger partial charge in [0.1, 0.15) is 10.5 Å². The maximum Gasteiger partial charge on any atom is 0.271 e. The molecule has 0 atom stereocenters. The number of benzene rings is 2. The van der Waals surface area contributed by atoms with Crippen LogP contribution < -0.4 is 10.9 Å². The van der Waals surface area contributed by atoms with Gasteiger partial charge in [0, 0.05) is 16.4 Å². The largest absolute Gasteiger partial charge is 0.325 e. The Morgan fingerprint density at radius 2 is 2.06 bits per heavy atom. The van der Waals surface area contributed by atoms with Crippen LogP contribution in [0.2, 0.25) is 5.02 Å². The van der Waals surface area contributed by atoms with E-state index in [1.54, 1.807) is 41.8 Å². The number of fused-ring (bicyclic) bond motifs is 1. The minimum Gasteiger partial charge on any atom is -0.325 e. The molecule has 2 aromatic heterocycles. The molecule has 0 saturated carbocycles. The normalized spacial score (nSPS) is 11.1. The summed E-state index contributed by atoms with van der Waals surface area (Å²) >= 11 is 13.6. The summed E-state index contributed by atoms with van der Waals surface area (Å²) in [6.45, 7) is 1.77. The number of nitrogens with zero attached hydrogens (tertiary/aromatic N) is 2. The number of halogens is 2. The first-order valence-corrected chi connectivity index (χ1v) is 11.5. The Hall–Kier alpha value is -2.53. The first kappa shape index (κ1) is 21.7. The number of carbonyl (C=O) groups is 1. The van der Waals surface area contributed by atoms with Gasteiger partial charge in [0.25, 0.3) is 5.56 Å². The van der Waals surface area contributed by atoms with E-state index in [1.165, 1.54) is 12.1 Å². The van der Waals surface area contributed by atoms with Gasteiger partial charge >= 0.3 is 0 Å². The summed E-state index contributed by atoms with van der Waals surface area (Å²) in [7, 11) is 0. The van der Waals surface area contributed by atoms with Crippen molar-refractivity contribution in [2.75, 3.05) is 11.1 Å². The maximum atomic E-state index is 13.4. The predicted molar refractivity (Wildman–Crippen MR) is 126 cm³/mol. The molecule has 6 nitrogen and oxygen atoms in total. The van der Waals surface area contributed by atoms with Crippen molar-refractivity contribution in [3.63, 3.8) is 0 Å². The zero-order chi connectivity index (χ0) is 22.1. The van der Waals surface area contributed by atoms with E-state index in [0.717, 1.165) is 34.3 Å². The summed E-state index contributed by atoms with van der Waals surface area (Å²) < 4.78 is 16.0. The lowest BCUT2D eigenvalue weighted by Crippen LogP contribution is -2.16. The Bertz CT molecular complexity index is 1410. The molecule has 0 radical (unpaired) electrons. The van der Waals surface area contributed by atoms with Crippen LogP contribution in [-0.4, -0.2) is 26.2 Å². The Labute approximate surface area is 194 Å². The quantitative estimate of drug-likeness (QED) is 0.223. The number of aromatic nitrogens is 3. The monoisotopic (exact) mass is 492 g/mol. The molecule has 2 heterocycles.